The van der Waals surface area contributed by atoms with Crippen molar-refractivity contribution < 1.29 is 13.5 Å². The zero-order chi connectivity index (χ0) is 12.5. The van der Waals surface area contributed by atoms with Gasteiger partial charge in [-0.1, -0.05) is 12.1 Å². The van der Waals surface area contributed by atoms with Crippen LogP contribution in [-0.2, 0) is 0 Å². The van der Waals surface area contributed by atoms with Crippen molar-refractivity contribution in [1.82, 2.24) is 4.98 Å². The number of ether oxygens (including phenoxy) is 1. The fraction of sp³-hybridized carbons (Fsp3) is 0.0714. The monoisotopic (exact) mass is 243 g/mol. The molecule has 3 aromatic rings. The molecule has 3 rings (SSSR count). The highest BCUT2D eigenvalue weighted by Gasteiger charge is 2.12. The molecule has 0 radical (unpaired) electrons. The number of oxazole rings is 1. The molecule has 0 unspecified atom stereocenters. The Hall–Kier alpha value is -2.36. The Morgan fingerprint density at radius 2 is 2.06 bits per heavy atom. The predicted molar refractivity (Wildman–Crippen MR) is 66.0 cm³/mol. The molecule has 2 aromatic carbocycles. The van der Waals surface area contributed by atoms with Crippen LogP contribution in [0, 0.1) is 5.82 Å². The molecule has 18 heavy (non-hydrogen) atoms. The Morgan fingerprint density at radius 3 is 2.89 bits per heavy atom. The van der Waals surface area contributed by atoms with Crippen molar-refractivity contribution in [2.45, 2.75) is 0 Å². The molecular weight excluding hydrogens is 233 g/mol. The summed E-state index contributed by atoms with van der Waals surface area (Å²) < 4.78 is 23.9. The molecule has 0 aliphatic carbocycles. The molecule has 4 heteroatoms. The number of fused-ring (bicyclic) bond motifs is 1. The van der Waals surface area contributed by atoms with Gasteiger partial charge in [-0.15, -0.1) is 0 Å². The summed E-state index contributed by atoms with van der Waals surface area (Å²) >= 11 is 0. The van der Waals surface area contributed by atoms with Gasteiger partial charge in [0.2, 0.25) is 0 Å². The van der Waals surface area contributed by atoms with E-state index < -0.39 is 0 Å². The lowest BCUT2D eigenvalue weighted by Crippen LogP contribution is -1.90. The van der Waals surface area contributed by atoms with Gasteiger partial charge in [0.05, 0.1) is 7.11 Å². The fourth-order valence-electron chi connectivity index (χ4n) is 1.99. The Morgan fingerprint density at radius 1 is 1.17 bits per heavy atom. The SMILES string of the molecule is COc1ccc(F)cc1-c1cccc2ocnc12. The number of methoxy groups -OCH3 is 1. The molecule has 0 spiro atoms. The average Bonchev–Trinajstić information content (AvgIpc) is 2.86. The molecule has 0 saturated heterocycles. The lowest BCUT2D eigenvalue weighted by molar-refractivity contribution is 0.415. The van der Waals surface area contributed by atoms with Crippen molar-refractivity contribution in [2.75, 3.05) is 7.11 Å². The van der Waals surface area contributed by atoms with E-state index in [2.05, 4.69) is 4.98 Å². The standard InChI is InChI=1S/C14H10FNO2/c1-17-12-6-5-9(15)7-11(12)10-3-2-4-13-14(10)16-8-18-13/h2-8H,1H3. The molecule has 0 amide bonds. The number of benzene rings is 2. The molecule has 0 aliphatic heterocycles. The Bertz CT molecular complexity index is 706. The van der Waals surface area contributed by atoms with Crippen molar-refractivity contribution in [2.24, 2.45) is 0 Å². The molecule has 0 aliphatic rings. The van der Waals surface area contributed by atoms with E-state index in [4.69, 9.17) is 9.15 Å². The van der Waals surface area contributed by atoms with Crippen molar-refractivity contribution >= 4 is 11.1 Å². The van der Waals surface area contributed by atoms with Crippen molar-refractivity contribution in [1.29, 1.82) is 0 Å². The largest absolute Gasteiger partial charge is 0.496 e. The molecule has 90 valence electrons. The minimum Gasteiger partial charge on any atom is -0.496 e. The zero-order valence-electron chi connectivity index (χ0n) is 9.68. The molecule has 1 aromatic heterocycles. The molecule has 0 fully saturated rings. The van der Waals surface area contributed by atoms with Crippen LogP contribution < -0.4 is 4.74 Å². The van der Waals surface area contributed by atoms with Gasteiger partial charge in [-0.05, 0) is 24.3 Å². The van der Waals surface area contributed by atoms with E-state index in [1.54, 1.807) is 13.2 Å². The summed E-state index contributed by atoms with van der Waals surface area (Å²) in [6.45, 7) is 0. The van der Waals surface area contributed by atoms with E-state index in [9.17, 15) is 4.39 Å². The third kappa shape index (κ3) is 1.62. The molecule has 0 N–H and O–H groups in total. The highest BCUT2D eigenvalue weighted by atomic mass is 19.1. The third-order valence-electron chi connectivity index (χ3n) is 2.81. The minimum atomic E-state index is -0.314. The van der Waals surface area contributed by atoms with Gasteiger partial charge in [-0.3, -0.25) is 0 Å². The molecule has 0 saturated carbocycles. The normalized spacial score (nSPS) is 10.8. The maximum absolute atomic E-state index is 13.4. The van der Waals surface area contributed by atoms with E-state index in [1.165, 1.54) is 18.5 Å². The average molecular weight is 243 g/mol. The van der Waals surface area contributed by atoms with Crippen LogP contribution in [0.2, 0.25) is 0 Å². The van der Waals surface area contributed by atoms with Crippen LogP contribution in [0.3, 0.4) is 0 Å². The lowest BCUT2D eigenvalue weighted by Gasteiger charge is -2.08. The van der Waals surface area contributed by atoms with Crippen molar-refractivity contribution in [3.05, 3.63) is 48.6 Å². The fourth-order valence-corrected chi connectivity index (χ4v) is 1.99. The van der Waals surface area contributed by atoms with Crippen LogP contribution in [0.5, 0.6) is 5.75 Å². The number of para-hydroxylation sites is 1. The molecule has 0 atom stereocenters. The Kier molecular flexibility index (Phi) is 2.48. The van der Waals surface area contributed by atoms with Crippen LogP contribution in [0.1, 0.15) is 0 Å². The van der Waals surface area contributed by atoms with E-state index >= 15 is 0 Å². The minimum absolute atomic E-state index is 0.314. The van der Waals surface area contributed by atoms with Gasteiger partial charge in [-0.25, -0.2) is 9.37 Å². The highest BCUT2D eigenvalue weighted by molar-refractivity contribution is 5.92. The number of hydrogen-bond donors (Lipinski definition) is 0. The first-order valence-electron chi connectivity index (χ1n) is 5.46. The summed E-state index contributed by atoms with van der Waals surface area (Å²) in [5.74, 6) is 0.290. The number of halogens is 1. The number of rotatable bonds is 2. The first-order valence-corrected chi connectivity index (χ1v) is 5.46. The number of aromatic nitrogens is 1. The number of hydrogen-bond acceptors (Lipinski definition) is 3. The van der Waals surface area contributed by atoms with Crippen LogP contribution in [0.25, 0.3) is 22.2 Å². The van der Waals surface area contributed by atoms with Gasteiger partial charge in [0.15, 0.2) is 12.0 Å². The van der Waals surface area contributed by atoms with Crippen LogP contribution in [-0.4, -0.2) is 12.1 Å². The molecule has 3 nitrogen and oxygen atoms in total. The highest BCUT2D eigenvalue weighted by Crippen LogP contribution is 2.34. The summed E-state index contributed by atoms with van der Waals surface area (Å²) in [6, 6.07) is 9.92. The molecule has 0 bridgehead atoms. The van der Waals surface area contributed by atoms with E-state index in [0.717, 1.165) is 5.56 Å². The van der Waals surface area contributed by atoms with Gasteiger partial charge in [0.25, 0.3) is 0 Å². The van der Waals surface area contributed by atoms with E-state index in [1.807, 2.05) is 18.2 Å². The first-order chi connectivity index (χ1) is 8.79. The second kappa shape index (κ2) is 4.14. The summed E-state index contributed by atoms with van der Waals surface area (Å²) in [5.41, 5.74) is 2.81. The quantitative estimate of drug-likeness (QED) is 0.689. The lowest BCUT2D eigenvalue weighted by atomic mass is 10.0. The second-order valence-electron chi connectivity index (χ2n) is 3.85. The molecule has 1 heterocycles. The topological polar surface area (TPSA) is 35.3 Å². The summed E-state index contributed by atoms with van der Waals surface area (Å²) in [6.07, 6.45) is 1.37. The number of nitrogens with zero attached hydrogens (tertiary/aromatic N) is 1. The zero-order valence-corrected chi connectivity index (χ0v) is 9.68. The van der Waals surface area contributed by atoms with Gasteiger partial charge in [-0.2, -0.15) is 0 Å². The van der Waals surface area contributed by atoms with Crippen LogP contribution >= 0.6 is 0 Å². The predicted octanol–water partition coefficient (Wildman–Crippen LogP) is 3.64. The van der Waals surface area contributed by atoms with Crippen LogP contribution in [0.4, 0.5) is 4.39 Å². The van der Waals surface area contributed by atoms with Crippen LogP contribution in [0.15, 0.2) is 47.2 Å². The van der Waals surface area contributed by atoms with Gasteiger partial charge in [0.1, 0.15) is 17.1 Å². The molecular formula is C14H10FNO2. The Labute approximate surface area is 103 Å². The summed E-state index contributed by atoms with van der Waals surface area (Å²) in [5, 5.41) is 0. The third-order valence-corrected chi connectivity index (χ3v) is 2.81. The maximum atomic E-state index is 13.4. The Balaban J connectivity index is 2.31. The maximum Gasteiger partial charge on any atom is 0.182 e. The first kappa shape index (κ1) is 10.8. The van der Waals surface area contributed by atoms with E-state index in [0.29, 0.717) is 22.4 Å². The van der Waals surface area contributed by atoms with E-state index in [-0.39, 0.29) is 5.82 Å². The summed E-state index contributed by atoms with van der Waals surface area (Å²) in [7, 11) is 1.56. The summed E-state index contributed by atoms with van der Waals surface area (Å²) in [4.78, 5) is 4.16. The second-order valence-corrected chi connectivity index (χ2v) is 3.85. The van der Waals surface area contributed by atoms with Gasteiger partial charge < -0.3 is 9.15 Å². The van der Waals surface area contributed by atoms with Gasteiger partial charge >= 0.3 is 0 Å². The van der Waals surface area contributed by atoms with Crippen molar-refractivity contribution in [3.8, 4) is 16.9 Å². The van der Waals surface area contributed by atoms with Gasteiger partial charge in [0, 0.05) is 11.1 Å². The van der Waals surface area contributed by atoms with Crippen molar-refractivity contribution in [3.63, 3.8) is 0 Å². The smallest absolute Gasteiger partial charge is 0.182 e.